The Morgan fingerprint density at radius 3 is 2.16 bits per heavy atom. The Hall–Kier alpha value is -1.59. The Labute approximate surface area is 155 Å². The first-order chi connectivity index (χ1) is 11.5. The highest BCUT2D eigenvalue weighted by Gasteiger charge is 2.40. The molecule has 3 rings (SSSR count). The van der Waals surface area contributed by atoms with Gasteiger partial charge in [0.15, 0.2) is 0 Å². The summed E-state index contributed by atoms with van der Waals surface area (Å²) in [5.41, 5.74) is 7.67. The van der Waals surface area contributed by atoms with Gasteiger partial charge in [-0.25, -0.2) is 0 Å². The molecule has 2 saturated carbocycles. The second kappa shape index (κ2) is 8.19. The van der Waals surface area contributed by atoms with Gasteiger partial charge in [-0.15, -0.1) is 12.4 Å². The van der Waals surface area contributed by atoms with Crippen molar-refractivity contribution in [2.45, 2.75) is 38.1 Å². The summed E-state index contributed by atoms with van der Waals surface area (Å²) in [7, 11) is 3.45. The molecule has 2 aliphatic rings. The van der Waals surface area contributed by atoms with E-state index in [1.807, 2.05) is 0 Å². The van der Waals surface area contributed by atoms with Gasteiger partial charge in [-0.1, -0.05) is 6.42 Å². The molecule has 2 fully saturated rings. The largest absolute Gasteiger partial charge is 0.345 e. The molecule has 0 heterocycles. The summed E-state index contributed by atoms with van der Waals surface area (Å²) in [6, 6.07) is 7.38. The van der Waals surface area contributed by atoms with Gasteiger partial charge in [-0.05, 0) is 61.8 Å². The first kappa shape index (κ1) is 19.7. The molecule has 2 unspecified atom stereocenters. The number of carbonyl (C=O) groups is 2. The van der Waals surface area contributed by atoms with Crippen LogP contribution in [0.5, 0.6) is 0 Å². The van der Waals surface area contributed by atoms with Gasteiger partial charge in [-0.3, -0.25) is 9.59 Å². The predicted octanol–water partition coefficient (Wildman–Crippen LogP) is 2.90. The van der Waals surface area contributed by atoms with Gasteiger partial charge in [0.2, 0.25) is 5.91 Å². The summed E-state index contributed by atoms with van der Waals surface area (Å²) in [5.74, 6) is 1.09. The maximum absolute atomic E-state index is 12.6. The van der Waals surface area contributed by atoms with E-state index in [9.17, 15) is 9.59 Å². The molecular formula is C19H28ClN3O2. The minimum absolute atomic E-state index is 0. The van der Waals surface area contributed by atoms with E-state index in [1.54, 1.807) is 38.4 Å². The highest BCUT2D eigenvalue weighted by atomic mass is 35.5. The Morgan fingerprint density at radius 2 is 1.64 bits per heavy atom. The lowest BCUT2D eigenvalue weighted by molar-refractivity contribution is -0.122. The lowest BCUT2D eigenvalue weighted by Gasteiger charge is -2.43. The van der Waals surface area contributed by atoms with Crippen LogP contribution in [0.15, 0.2) is 24.3 Å². The molecule has 0 radical (unpaired) electrons. The van der Waals surface area contributed by atoms with Crippen LogP contribution in [0.25, 0.3) is 0 Å². The molecule has 2 bridgehead atoms. The van der Waals surface area contributed by atoms with Crippen LogP contribution in [0.3, 0.4) is 0 Å². The zero-order valence-electron chi connectivity index (χ0n) is 14.9. The van der Waals surface area contributed by atoms with Crippen molar-refractivity contribution in [1.29, 1.82) is 0 Å². The number of nitrogens with two attached hydrogens (primary N) is 1. The van der Waals surface area contributed by atoms with Crippen LogP contribution in [-0.4, -0.2) is 36.9 Å². The van der Waals surface area contributed by atoms with Crippen molar-refractivity contribution < 1.29 is 9.59 Å². The number of benzene rings is 1. The van der Waals surface area contributed by atoms with Crippen molar-refractivity contribution in [3.8, 4) is 0 Å². The number of fused-ring (bicyclic) bond motifs is 2. The van der Waals surface area contributed by atoms with Crippen molar-refractivity contribution in [3.63, 3.8) is 0 Å². The van der Waals surface area contributed by atoms with E-state index < -0.39 is 0 Å². The van der Waals surface area contributed by atoms with Crippen LogP contribution in [-0.2, 0) is 4.79 Å². The van der Waals surface area contributed by atoms with Crippen LogP contribution in [0.2, 0.25) is 0 Å². The van der Waals surface area contributed by atoms with E-state index in [-0.39, 0.29) is 36.2 Å². The van der Waals surface area contributed by atoms with Crippen molar-refractivity contribution in [3.05, 3.63) is 29.8 Å². The van der Waals surface area contributed by atoms with E-state index in [1.165, 1.54) is 11.3 Å². The third kappa shape index (κ3) is 4.33. The van der Waals surface area contributed by atoms with E-state index in [2.05, 4.69) is 5.32 Å². The number of hydrogen-bond acceptors (Lipinski definition) is 3. The molecule has 25 heavy (non-hydrogen) atoms. The molecule has 5 nitrogen and oxygen atoms in total. The highest BCUT2D eigenvalue weighted by Crippen LogP contribution is 2.42. The molecule has 138 valence electrons. The fraction of sp³-hybridized carbons (Fsp3) is 0.579. The van der Waals surface area contributed by atoms with Crippen LogP contribution in [0.4, 0.5) is 5.69 Å². The van der Waals surface area contributed by atoms with Gasteiger partial charge in [0.25, 0.3) is 5.91 Å². The zero-order valence-corrected chi connectivity index (χ0v) is 15.7. The zero-order chi connectivity index (χ0) is 17.3. The number of hydrogen-bond donors (Lipinski definition) is 2. The number of carbonyl (C=O) groups excluding carboxylic acids is 2. The number of rotatable bonds is 3. The molecular weight excluding hydrogens is 338 g/mol. The lowest BCUT2D eigenvalue weighted by atomic mass is 9.65. The predicted molar refractivity (Wildman–Crippen MR) is 102 cm³/mol. The van der Waals surface area contributed by atoms with Crippen LogP contribution in [0, 0.1) is 17.8 Å². The number of nitrogens with one attached hydrogen (secondary N) is 1. The Bertz CT molecular complexity index is 604. The maximum atomic E-state index is 12.6. The molecule has 0 aromatic heterocycles. The van der Waals surface area contributed by atoms with Crippen molar-refractivity contribution in [2.24, 2.45) is 23.5 Å². The molecule has 0 saturated heterocycles. The quantitative estimate of drug-likeness (QED) is 0.864. The summed E-state index contributed by atoms with van der Waals surface area (Å²) in [4.78, 5) is 26.0. The minimum atomic E-state index is -0.0398. The second-order valence-electron chi connectivity index (χ2n) is 7.46. The minimum Gasteiger partial charge on any atom is -0.345 e. The Morgan fingerprint density at radius 1 is 1.08 bits per heavy atom. The molecule has 0 spiro atoms. The summed E-state index contributed by atoms with van der Waals surface area (Å²) in [6.07, 6.45) is 5.37. The molecule has 1 aromatic carbocycles. The average molecular weight is 366 g/mol. The summed E-state index contributed by atoms with van der Waals surface area (Å²) >= 11 is 0. The third-order valence-electron chi connectivity index (χ3n) is 5.59. The van der Waals surface area contributed by atoms with Crippen molar-refractivity contribution >= 4 is 29.9 Å². The third-order valence-corrected chi connectivity index (χ3v) is 5.59. The second-order valence-corrected chi connectivity index (χ2v) is 7.46. The molecule has 2 atom stereocenters. The van der Waals surface area contributed by atoms with E-state index in [0.717, 1.165) is 31.4 Å². The molecule has 2 aliphatic carbocycles. The molecule has 0 aliphatic heterocycles. The normalized spacial score (nSPS) is 27.8. The molecule has 1 aromatic rings. The standard InChI is InChI=1S/C19H27N3O2.ClH/c1-22(2)19(24)12-6-8-16(9-7-12)21-18(23)15-10-13-4-3-5-14(11-15)17(13)20;/h6-9,13-15,17H,3-5,10-11,20H2,1-2H3,(H,21,23);1H. The Kier molecular flexibility index (Phi) is 6.47. The SMILES string of the molecule is CN(C)C(=O)c1ccc(NC(=O)C2CC3CCCC(C2)C3N)cc1.Cl. The van der Waals surface area contributed by atoms with E-state index in [0.29, 0.717) is 17.4 Å². The topological polar surface area (TPSA) is 75.4 Å². The fourth-order valence-corrected chi connectivity index (χ4v) is 4.20. The van der Waals surface area contributed by atoms with E-state index >= 15 is 0 Å². The average Bonchev–Trinajstić information content (AvgIpc) is 2.54. The monoisotopic (exact) mass is 365 g/mol. The van der Waals surface area contributed by atoms with Crippen LogP contribution < -0.4 is 11.1 Å². The number of anilines is 1. The Balaban J connectivity index is 0.00000225. The lowest BCUT2D eigenvalue weighted by Crippen LogP contribution is -2.48. The smallest absolute Gasteiger partial charge is 0.253 e. The maximum Gasteiger partial charge on any atom is 0.253 e. The van der Waals surface area contributed by atoms with Gasteiger partial charge < -0.3 is 16.0 Å². The van der Waals surface area contributed by atoms with Gasteiger partial charge in [-0.2, -0.15) is 0 Å². The number of amides is 2. The summed E-state index contributed by atoms with van der Waals surface area (Å²) in [6.45, 7) is 0. The molecule has 3 N–H and O–H groups in total. The highest BCUT2D eigenvalue weighted by molar-refractivity contribution is 5.96. The number of halogens is 1. The fourth-order valence-electron chi connectivity index (χ4n) is 4.20. The van der Waals surface area contributed by atoms with Gasteiger partial charge in [0, 0.05) is 37.3 Å². The first-order valence-corrected chi connectivity index (χ1v) is 8.84. The van der Waals surface area contributed by atoms with E-state index in [4.69, 9.17) is 5.73 Å². The number of nitrogens with zero attached hydrogens (tertiary/aromatic N) is 1. The molecule has 2 amide bonds. The van der Waals surface area contributed by atoms with Crippen LogP contribution >= 0.6 is 12.4 Å². The van der Waals surface area contributed by atoms with Crippen LogP contribution in [0.1, 0.15) is 42.5 Å². The molecule has 6 heteroatoms. The summed E-state index contributed by atoms with van der Waals surface area (Å²) in [5, 5.41) is 3.01. The van der Waals surface area contributed by atoms with Gasteiger partial charge in [0.05, 0.1) is 0 Å². The van der Waals surface area contributed by atoms with Gasteiger partial charge in [0.1, 0.15) is 0 Å². The first-order valence-electron chi connectivity index (χ1n) is 8.84. The summed E-state index contributed by atoms with van der Waals surface area (Å²) < 4.78 is 0. The van der Waals surface area contributed by atoms with Crippen molar-refractivity contribution in [1.82, 2.24) is 4.90 Å². The van der Waals surface area contributed by atoms with Gasteiger partial charge >= 0.3 is 0 Å². The van der Waals surface area contributed by atoms with Crippen molar-refractivity contribution in [2.75, 3.05) is 19.4 Å².